The molecule has 0 aromatic heterocycles. The zero-order chi connectivity index (χ0) is 18.6. The molecule has 6 heteroatoms. The number of carbonyl (C=O) groups is 3. The second-order valence-corrected chi connectivity index (χ2v) is 5.79. The van der Waals surface area contributed by atoms with Crippen molar-refractivity contribution >= 4 is 23.4 Å². The first kappa shape index (κ1) is 18.7. The first-order chi connectivity index (χ1) is 12.0. The van der Waals surface area contributed by atoms with Crippen molar-refractivity contribution < 1.29 is 23.9 Å². The average molecular weight is 345 g/mol. The lowest BCUT2D eigenvalue weighted by atomic mass is 9.80. The van der Waals surface area contributed by atoms with E-state index in [2.05, 4.69) is 0 Å². The van der Waals surface area contributed by atoms with Crippen molar-refractivity contribution in [3.05, 3.63) is 41.5 Å². The Morgan fingerprint density at radius 2 is 1.64 bits per heavy atom. The quantitative estimate of drug-likeness (QED) is 0.462. The third-order valence-corrected chi connectivity index (χ3v) is 4.63. The van der Waals surface area contributed by atoms with Crippen LogP contribution in [0.25, 0.3) is 5.57 Å². The number of benzene rings is 1. The largest absolute Gasteiger partial charge is 0.468 e. The molecule has 0 heterocycles. The van der Waals surface area contributed by atoms with Gasteiger partial charge < -0.3 is 14.4 Å². The highest BCUT2D eigenvalue weighted by Crippen LogP contribution is 2.48. The van der Waals surface area contributed by atoms with E-state index in [1.807, 2.05) is 26.0 Å². The lowest BCUT2D eigenvalue weighted by Gasteiger charge is -2.26. The number of fused-ring (bicyclic) bond motifs is 1. The van der Waals surface area contributed by atoms with Crippen LogP contribution in [-0.4, -0.2) is 50.1 Å². The summed E-state index contributed by atoms with van der Waals surface area (Å²) >= 11 is 0. The molecule has 0 N–H and O–H groups in total. The molecule has 6 nitrogen and oxygen atoms in total. The van der Waals surface area contributed by atoms with Crippen LogP contribution in [0.5, 0.6) is 0 Å². The summed E-state index contributed by atoms with van der Waals surface area (Å²) in [4.78, 5) is 39.5. The third-order valence-electron chi connectivity index (χ3n) is 4.63. The molecule has 0 saturated carbocycles. The molecule has 2 rings (SSSR count). The molecule has 0 fully saturated rings. The van der Waals surface area contributed by atoms with Crippen molar-refractivity contribution in [1.82, 2.24) is 4.90 Å². The van der Waals surface area contributed by atoms with Gasteiger partial charge in [0.25, 0.3) is 0 Å². The summed E-state index contributed by atoms with van der Waals surface area (Å²) in [6, 6.07) is 7.26. The van der Waals surface area contributed by atoms with Gasteiger partial charge >= 0.3 is 11.9 Å². The molecule has 0 radical (unpaired) electrons. The smallest absolute Gasteiger partial charge is 0.328 e. The monoisotopic (exact) mass is 345 g/mol. The first-order valence-corrected chi connectivity index (χ1v) is 8.22. The van der Waals surface area contributed by atoms with Gasteiger partial charge in [-0.05, 0) is 30.5 Å². The van der Waals surface area contributed by atoms with Crippen LogP contribution >= 0.6 is 0 Å². The van der Waals surface area contributed by atoms with E-state index in [0.717, 1.165) is 5.56 Å². The highest BCUT2D eigenvalue weighted by atomic mass is 16.5. The molecule has 1 aromatic carbocycles. The van der Waals surface area contributed by atoms with E-state index in [4.69, 9.17) is 9.47 Å². The topological polar surface area (TPSA) is 72.9 Å². The van der Waals surface area contributed by atoms with Gasteiger partial charge in [-0.25, -0.2) is 0 Å². The molecule has 0 unspecified atom stereocenters. The minimum absolute atomic E-state index is 0.111. The van der Waals surface area contributed by atoms with E-state index >= 15 is 0 Å². The summed E-state index contributed by atoms with van der Waals surface area (Å²) in [5, 5.41) is 0. The fourth-order valence-electron chi connectivity index (χ4n) is 3.30. The first-order valence-electron chi connectivity index (χ1n) is 8.22. The maximum Gasteiger partial charge on any atom is 0.328 e. The molecule has 0 bridgehead atoms. The standard InChI is InChI=1S/C19H23NO5/c1-5-20(6-2)16(21)11-15-14-10-8-7-9-13(14)12-19(15,17(22)24-3)18(23)25-4/h7-11H,5-6,12H2,1-4H3/b15-11+. The molecule has 1 aromatic rings. The van der Waals surface area contributed by atoms with Gasteiger partial charge in [-0.2, -0.15) is 0 Å². The maximum absolute atomic E-state index is 12.6. The Morgan fingerprint density at radius 3 is 2.16 bits per heavy atom. The van der Waals surface area contributed by atoms with Crippen LogP contribution in [-0.2, 0) is 30.3 Å². The molecule has 1 aliphatic rings. The number of hydrogen-bond donors (Lipinski definition) is 0. The van der Waals surface area contributed by atoms with Gasteiger partial charge in [-0.1, -0.05) is 24.3 Å². The summed E-state index contributed by atoms with van der Waals surface area (Å²) in [5.74, 6) is -1.71. The average Bonchev–Trinajstić information content (AvgIpc) is 2.96. The van der Waals surface area contributed by atoms with Gasteiger partial charge in [0, 0.05) is 25.6 Å². The van der Waals surface area contributed by atoms with Gasteiger partial charge in [0.2, 0.25) is 5.91 Å². The van der Waals surface area contributed by atoms with Crippen LogP contribution in [0.4, 0.5) is 0 Å². The molecule has 0 atom stereocenters. The summed E-state index contributed by atoms with van der Waals surface area (Å²) in [6.45, 7) is 4.81. The van der Waals surface area contributed by atoms with E-state index in [9.17, 15) is 14.4 Å². The molecule has 0 spiro atoms. The summed E-state index contributed by atoms with van der Waals surface area (Å²) in [6.07, 6.45) is 1.48. The Balaban J connectivity index is 2.68. The Kier molecular flexibility index (Phi) is 5.62. The van der Waals surface area contributed by atoms with Crippen LogP contribution in [0.2, 0.25) is 0 Å². The van der Waals surface area contributed by atoms with Crippen molar-refractivity contribution in [1.29, 1.82) is 0 Å². The van der Waals surface area contributed by atoms with E-state index in [1.165, 1.54) is 20.3 Å². The Bertz CT molecular complexity index is 702. The molecular formula is C19H23NO5. The van der Waals surface area contributed by atoms with Gasteiger partial charge in [0.15, 0.2) is 5.41 Å². The molecule has 25 heavy (non-hydrogen) atoms. The highest BCUT2D eigenvalue weighted by Gasteiger charge is 2.56. The third kappa shape index (κ3) is 3.04. The zero-order valence-electron chi connectivity index (χ0n) is 15.0. The normalized spacial score (nSPS) is 16.2. The lowest BCUT2D eigenvalue weighted by Crippen LogP contribution is -2.42. The summed E-state index contributed by atoms with van der Waals surface area (Å²) in [5.41, 5.74) is 0.171. The summed E-state index contributed by atoms with van der Waals surface area (Å²) < 4.78 is 9.82. The van der Waals surface area contributed by atoms with Crippen molar-refractivity contribution in [3.8, 4) is 0 Å². The number of rotatable bonds is 5. The molecule has 0 saturated heterocycles. The fraction of sp³-hybridized carbons (Fsp3) is 0.421. The highest BCUT2D eigenvalue weighted by molar-refractivity contribution is 6.17. The SMILES string of the molecule is CCN(CC)C(=O)/C=C1\c2ccccc2CC1(C(=O)OC)C(=O)OC. The molecule has 1 amide bonds. The molecular weight excluding hydrogens is 322 g/mol. The minimum Gasteiger partial charge on any atom is -0.468 e. The van der Waals surface area contributed by atoms with Crippen LogP contribution in [0.3, 0.4) is 0 Å². The van der Waals surface area contributed by atoms with Gasteiger partial charge in [-0.15, -0.1) is 0 Å². The molecule has 0 aliphatic heterocycles. The number of likely N-dealkylation sites (N-methyl/N-ethyl adjacent to an activating group) is 1. The van der Waals surface area contributed by atoms with Crippen LogP contribution in [0.1, 0.15) is 25.0 Å². The summed E-state index contributed by atoms with van der Waals surface area (Å²) in [7, 11) is 2.44. The van der Waals surface area contributed by atoms with Crippen molar-refractivity contribution in [2.75, 3.05) is 27.3 Å². The number of nitrogens with zero attached hydrogens (tertiary/aromatic N) is 1. The number of carbonyl (C=O) groups excluding carboxylic acids is 3. The van der Waals surface area contributed by atoms with E-state index in [1.54, 1.807) is 17.0 Å². The van der Waals surface area contributed by atoms with Crippen molar-refractivity contribution in [3.63, 3.8) is 0 Å². The molecule has 134 valence electrons. The number of amides is 1. The minimum atomic E-state index is -1.66. The number of esters is 2. The fourth-order valence-corrected chi connectivity index (χ4v) is 3.30. The van der Waals surface area contributed by atoms with Crippen molar-refractivity contribution in [2.45, 2.75) is 20.3 Å². The number of hydrogen-bond acceptors (Lipinski definition) is 5. The van der Waals surface area contributed by atoms with Crippen molar-refractivity contribution in [2.24, 2.45) is 5.41 Å². The van der Waals surface area contributed by atoms with Crippen LogP contribution in [0.15, 0.2) is 30.3 Å². The number of ether oxygens (including phenoxy) is 2. The van der Waals surface area contributed by atoms with E-state index < -0.39 is 17.4 Å². The zero-order valence-corrected chi connectivity index (χ0v) is 15.0. The Morgan fingerprint density at radius 1 is 1.08 bits per heavy atom. The van der Waals surface area contributed by atoms with Crippen LogP contribution in [0, 0.1) is 5.41 Å². The maximum atomic E-state index is 12.6. The predicted molar refractivity (Wildman–Crippen MR) is 92.5 cm³/mol. The Labute approximate surface area is 147 Å². The van der Waals surface area contributed by atoms with E-state index in [0.29, 0.717) is 24.2 Å². The van der Waals surface area contributed by atoms with Gasteiger partial charge in [0.05, 0.1) is 14.2 Å². The molecule has 1 aliphatic carbocycles. The predicted octanol–water partition coefficient (Wildman–Crippen LogP) is 1.83. The van der Waals surface area contributed by atoms with E-state index in [-0.39, 0.29) is 12.3 Å². The Hall–Kier alpha value is -2.63. The van der Waals surface area contributed by atoms with Gasteiger partial charge in [-0.3, -0.25) is 14.4 Å². The van der Waals surface area contributed by atoms with Crippen LogP contribution < -0.4 is 0 Å². The number of methoxy groups -OCH3 is 2. The second-order valence-electron chi connectivity index (χ2n) is 5.79. The van der Waals surface area contributed by atoms with Gasteiger partial charge in [0.1, 0.15) is 0 Å². The second kappa shape index (κ2) is 7.51. The lowest BCUT2D eigenvalue weighted by molar-refractivity contribution is -0.163.